The van der Waals surface area contributed by atoms with Crippen LogP contribution < -0.4 is 9.64 Å². The van der Waals surface area contributed by atoms with Crippen molar-refractivity contribution in [3.8, 4) is 11.8 Å². The van der Waals surface area contributed by atoms with Gasteiger partial charge in [0, 0.05) is 62.5 Å². The minimum absolute atomic E-state index is 0.183. The molecular weight excluding hydrogens is 416 g/mol. The molecule has 7 nitrogen and oxygen atoms in total. The number of carbonyl (C=O) groups is 1. The molecule has 0 saturated carbocycles. The molecule has 4 rings (SSSR count). The second-order valence-corrected chi connectivity index (χ2v) is 8.72. The Morgan fingerprint density at radius 2 is 2.03 bits per heavy atom. The number of anilines is 1. The van der Waals surface area contributed by atoms with Gasteiger partial charge in [-0.15, -0.1) is 0 Å². The van der Waals surface area contributed by atoms with Crippen LogP contribution in [0.25, 0.3) is 6.08 Å². The van der Waals surface area contributed by atoms with Crippen LogP contribution in [0.1, 0.15) is 29.8 Å². The Kier molecular flexibility index (Phi) is 7.05. The number of amides is 1. The van der Waals surface area contributed by atoms with Gasteiger partial charge in [-0.25, -0.2) is 0 Å². The van der Waals surface area contributed by atoms with Crippen LogP contribution in [-0.2, 0) is 16.1 Å². The van der Waals surface area contributed by atoms with Crippen LogP contribution in [0.2, 0.25) is 0 Å². The lowest BCUT2D eigenvalue weighted by Crippen LogP contribution is -2.49. The molecule has 2 aliphatic rings. The molecule has 3 heterocycles. The van der Waals surface area contributed by atoms with Gasteiger partial charge < -0.3 is 23.8 Å². The molecule has 1 atom stereocenters. The summed E-state index contributed by atoms with van der Waals surface area (Å²) < 4.78 is 13.3. The summed E-state index contributed by atoms with van der Waals surface area (Å²) in [5.41, 5.74) is 4.36. The Balaban J connectivity index is 1.44. The summed E-state index contributed by atoms with van der Waals surface area (Å²) >= 11 is 0. The third kappa shape index (κ3) is 5.07. The van der Waals surface area contributed by atoms with Crippen molar-refractivity contribution in [1.29, 1.82) is 5.26 Å². The number of rotatable bonds is 6. The van der Waals surface area contributed by atoms with Crippen LogP contribution >= 0.6 is 0 Å². The number of hydrogen-bond donors (Lipinski definition) is 0. The van der Waals surface area contributed by atoms with E-state index in [4.69, 9.17) is 9.47 Å². The van der Waals surface area contributed by atoms with Crippen LogP contribution in [0.15, 0.2) is 35.9 Å². The van der Waals surface area contributed by atoms with Crippen molar-refractivity contribution in [2.45, 2.75) is 39.3 Å². The van der Waals surface area contributed by atoms with Crippen LogP contribution in [0.4, 0.5) is 5.69 Å². The molecule has 1 aromatic heterocycles. The lowest BCUT2D eigenvalue weighted by Gasteiger charge is -2.36. The van der Waals surface area contributed by atoms with Gasteiger partial charge in [-0.2, -0.15) is 5.26 Å². The fraction of sp³-hybridized carbons (Fsp3) is 0.462. The van der Waals surface area contributed by atoms with E-state index >= 15 is 0 Å². The van der Waals surface area contributed by atoms with E-state index in [1.165, 1.54) is 0 Å². The average molecular weight is 449 g/mol. The summed E-state index contributed by atoms with van der Waals surface area (Å²) in [6.45, 7) is 8.33. The van der Waals surface area contributed by atoms with Gasteiger partial charge in [-0.3, -0.25) is 4.79 Å². The van der Waals surface area contributed by atoms with Gasteiger partial charge in [0.25, 0.3) is 5.91 Å². The number of nitriles is 1. The van der Waals surface area contributed by atoms with Crippen molar-refractivity contribution >= 4 is 17.7 Å². The van der Waals surface area contributed by atoms with Gasteiger partial charge >= 0.3 is 0 Å². The number of carbonyl (C=O) groups excluding carboxylic acids is 1. The Labute approximate surface area is 195 Å². The van der Waals surface area contributed by atoms with E-state index in [-0.39, 0.29) is 17.6 Å². The SMILES string of the molecule is COc1cccc(N2CCN(C(=O)/C(C#N)=C\c3cc(C)n(CC4CCCO4)c3C)CC2)c1. The average Bonchev–Trinajstić information content (AvgIpc) is 3.46. The van der Waals surface area contributed by atoms with E-state index in [1.54, 1.807) is 18.1 Å². The van der Waals surface area contributed by atoms with Gasteiger partial charge in [0.1, 0.15) is 17.4 Å². The third-order valence-corrected chi connectivity index (χ3v) is 6.66. The normalized spacial score (nSPS) is 19.0. The molecule has 0 aliphatic carbocycles. The topological polar surface area (TPSA) is 70.7 Å². The maximum atomic E-state index is 13.1. The number of aryl methyl sites for hydroxylation is 1. The molecular formula is C26H32N4O3. The van der Waals surface area contributed by atoms with E-state index in [1.807, 2.05) is 31.2 Å². The second-order valence-electron chi connectivity index (χ2n) is 8.72. The number of ether oxygens (including phenoxy) is 2. The summed E-state index contributed by atoms with van der Waals surface area (Å²) in [5.74, 6) is 0.615. The predicted molar refractivity (Wildman–Crippen MR) is 128 cm³/mol. The molecule has 33 heavy (non-hydrogen) atoms. The summed E-state index contributed by atoms with van der Waals surface area (Å²) in [5, 5.41) is 9.76. The van der Waals surface area contributed by atoms with Crippen LogP contribution in [0.5, 0.6) is 5.75 Å². The zero-order valence-corrected chi connectivity index (χ0v) is 19.7. The molecule has 2 aliphatic heterocycles. The molecule has 0 N–H and O–H groups in total. The molecule has 174 valence electrons. The summed E-state index contributed by atoms with van der Waals surface area (Å²) in [4.78, 5) is 17.1. The van der Waals surface area contributed by atoms with Crippen LogP contribution in [-0.4, -0.2) is 61.4 Å². The van der Waals surface area contributed by atoms with Gasteiger partial charge in [-0.1, -0.05) is 6.07 Å². The number of hydrogen-bond acceptors (Lipinski definition) is 5. The second kappa shape index (κ2) is 10.1. The van der Waals surface area contributed by atoms with Crippen molar-refractivity contribution in [3.63, 3.8) is 0 Å². The predicted octanol–water partition coefficient (Wildman–Crippen LogP) is 3.55. The summed E-state index contributed by atoms with van der Waals surface area (Å²) in [6, 6.07) is 12.1. The van der Waals surface area contributed by atoms with E-state index < -0.39 is 0 Å². The number of piperazine rings is 1. The largest absolute Gasteiger partial charge is 0.497 e. The van der Waals surface area contributed by atoms with E-state index in [2.05, 4.69) is 28.5 Å². The molecule has 2 saturated heterocycles. The standard InChI is InChI=1S/C26H32N4O3/c1-19-14-21(20(2)30(19)18-25-8-5-13-33-25)15-22(17-27)26(31)29-11-9-28(10-12-29)23-6-4-7-24(16-23)32-3/h4,6-7,14-16,25H,5,8-13,18H2,1-3H3/b22-15-. The fourth-order valence-electron chi connectivity index (χ4n) is 4.69. The number of nitrogens with zero attached hydrogens (tertiary/aromatic N) is 4. The van der Waals surface area contributed by atoms with E-state index in [9.17, 15) is 10.1 Å². The first-order chi connectivity index (χ1) is 16.0. The van der Waals surface area contributed by atoms with Crippen molar-refractivity contribution in [3.05, 3.63) is 52.9 Å². The van der Waals surface area contributed by atoms with Crippen molar-refractivity contribution in [2.24, 2.45) is 0 Å². The van der Waals surface area contributed by atoms with Crippen LogP contribution in [0.3, 0.4) is 0 Å². The first kappa shape index (κ1) is 22.9. The quantitative estimate of drug-likeness (QED) is 0.499. The van der Waals surface area contributed by atoms with E-state index in [0.717, 1.165) is 54.4 Å². The van der Waals surface area contributed by atoms with Crippen LogP contribution in [0, 0.1) is 25.2 Å². The Morgan fingerprint density at radius 3 is 2.70 bits per heavy atom. The molecule has 2 fully saturated rings. The highest BCUT2D eigenvalue weighted by atomic mass is 16.5. The van der Waals surface area contributed by atoms with Gasteiger partial charge in [-0.05, 0) is 56.5 Å². The molecule has 0 radical (unpaired) electrons. The number of benzene rings is 1. The maximum absolute atomic E-state index is 13.1. The molecule has 0 spiro atoms. The molecule has 1 aromatic carbocycles. The Bertz CT molecular complexity index is 1070. The Morgan fingerprint density at radius 1 is 1.24 bits per heavy atom. The lowest BCUT2D eigenvalue weighted by molar-refractivity contribution is -0.126. The Hall–Kier alpha value is -3.24. The smallest absolute Gasteiger partial charge is 0.264 e. The first-order valence-corrected chi connectivity index (χ1v) is 11.6. The highest BCUT2D eigenvalue weighted by Crippen LogP contribution is 2.24. The molecule has 0 bridgehead atoms. The minimum atomic E-state index is -0.202. The van der Waals surface area contributed by atoms with Crippen molar-refractivity contribution < 1.29 is 14.3 Å². The number of aromatic nitrogens is 1. The number of methoxy groups -OCH3 is 1. The minimum Gasteiger partial charge on any atom is -0.497 e. The molecule has 1 amide bonds. The first-order valence-electron chi connectivity index (χ1n) is 11.6. The zero-order valence-electron chi connectivity index (χ0n) is 19.7. The highest BCUT2D eigenvalue weighted by Gasteiger charge is 2.25. The maximum Gasteiger partial charge on any atom is 0.264 e. The van der Waals surface area contributed by atoms with E-state index in [0.29, 0.717) is 26.2 Å². The van der Waals surface area contributed by atoms with Crippen molar-refractivity contribution in [1.82, 2.24) is 9.47 Å². The monoisotopic (exact) mass is 448 g/mol. The molecule has 2 aromatic rings. The van der Waals surface area contributed by atoms with Gasteiger partial charge in [0.2, 0.25) is 0 Å². The third-order valence-electron chi connectivity index (χ3n) is 6.66. The fourth-order valence-corrected chi connectivity index (χ4v) is 4.69. The summed E-state index contributed by atoms with van der Waals surface area (Å²) in [7, 11) is 1.66. The molecule has 1 unspecified atom stereocenters. The van der Waals surface area contributed by atoms with Gasteiger partial charge in [0.15, 0.2) is 0 Å². The zero-order chi connectivity index (χ0) is 23.4. The molecule has 7 heteroatoms. The summed E-state index contributed by atoms with van der Waals surface area (Å²) in [6.07, 6.45) is 4.16. The lowest BCUT2D eigenvalue weighted by atomic mass is 10.1. The van der Waals surface area contributed by atoms with Crippen molar-refractivity contribution in [2.75, 3.05) is 44.8 Å². The highest BCUT2D eigenvalue weighted by molar-refractivity contribution is 6.02. The van der Waals surface area contributed by atoms with Gasteiger partial charge in [0.05, 0.1) is 13.2 Å².